The van der Waals surface area contributed by atoms with Gasteiger partial charge >= 0.3 is 6.18 Å². The van der Waals surface area contributed by atoms with Crippen LogP contribution in [0.3, 0.4) is 0 Å². The van der Waals surface area contributed by atoms with E-state index in [-0.39, 0.29) is 12.3 Å². The number of carbonyl (C=O) groups excluding carboxylic acids is 1. The van der Waals surface area contributed by atoms with E-state index in [4.69, 9.17) is 0 Å². The zero-order chi connectivity index (χ0) is 16.8. The van der Waals surface area contributed by atoms with Crippen LogP contribution in [0.15, 0.2) is 36.5 Å². The lowest BCUT2D eigenvalue weighted by atomic mass is 9.78. The van der Waals surface area contributed by atoms with Crippen molar-refractivity contribution in [1.29, 1.82) is 0 Å². The zero-order valence-corrected chi connectivity index (χ0v) is 12.0. The third-order valence-corrected chi connectivity index (χ3v) is 4.00. The van der Waals surface area contributed by atoms with Crippen molar-refractivity contribution in [3.8, 4) is 0 Å². The summed E-state index contributed by atoms with van der Waals surface area (Å²) in [5.74, 6) is -0.789. The SMILES string of the molecule is CC1(Cc2ccc(C(F)(F)F)nc2)C(=O)Nc2cc(F)ccc21. The zero-order valence-electron chi connectivity index (χ0n) is 12.0. The number of nitrogens with zero attached hydrogens (tertiary/aromatic N) is 1. The van der Waals surface area contributed by atoms with Gasteiger partial charge in [0.1, 0.15) is 11.5 Å². The van der Waals surface area contributed by atoms with Crippen molar-refractivity contribution in [2.45, 2.75) is 24.9 Å². The maximum atomic E-state index is 13.3. The molecule has 2 aromatic rings. The predicted molar refractivity (Wildman–Crippen MR) is 75.3 cm³/mol. The topological polar surface area (TPSA) is 42.0 Å². The summed E-state index contributed by atoms with van der Waals surface area (Å²) in [6, 6.07) is 6.18. The lowest BCUT2D eigenvalue weighted by molar-refractivity contribution is -0.141. The number of nitrogens with one attached hydrogen (secondary N) is 1. The number of rotatable bonds is 2. The van der Waals surface area contributed by atoms with Crippen LogP contribution in [0.4, 0.5) is 23.2 Å². The van der Waals surface area contributed by atoms with Gasteiger partial charge in [0.15, 0.2) is 0 Å². The summed E-state index contributed by atoms with van der Waals surface area (Å²) in [5, 5.41) is 2.61. The molecule has 2 heterocycles. The highest BCUT2D eigenvalue weighted by atomic mass is 19.4. The number of hydrogen-bond donors (Lipinski definition) is 1. The molecular formula is C16H12F4N2O. The molecule has 0 fully saturated rings. The molecule has 1 aromatic carbocycles. The first-order valence-corrected chi connectivity index (χ1v) is 6.84. The number of benzene rings is 1. The van der Waals surface area contributed by atoms with Crippen LogP contribution in [0.25, 0.3) is 0 Å². The van der Waals surface area contributed by atoms with Gasteiger partial charge in [-0.05, 0) is 42.7 Å². The average molecular weight is 324 g/mol. The molecule has 0 bridgehead atoms. The number of aromatic nitrogens is 1. The van der Waals surface area contributed by atoms with Crippen LogP contribution >= 0.6 is 0 Å². The highest BCUT2D eigenvalue weighted by Crippen LogP contribution is 2.40. The van der Waals surface area contributed by atoms with Crippen molar-refractivity contribution in [1.82, 2.24) is 4.98 Å². The molecule has 0 saturated heterocycles. The number of anilines is 1. The van der Waals surface area contributed by atoms with Crippen LogP contribution in [0.5, 0.6) is 0 Å². The molecule has 3 nitrogen and oxygen atoms in total. The lowest BCUT2D eigenvalue weighted by Crippen LogP contribution is -2.33. The summed E-state index contributed by atoms with van der Waals surface area (Å²) >= 11 is 0. The average Bonchev–Trinajstić information content (AvgIpc) is 2.69. The fourth-order valence-electron chi connectivity index (χ4n) is 2.76. The van der Waals surface area contributed by atoms with E-state index in [1.807, 2.05) is 0 Å². The Bertz CT molecular complexity index is 771. The fourth-order valence-corrected chi connectivity index (χ4v) is 2.76. The van der Waals surface area contributed by atoms with Crippen LogP contribution in [-0.2, 0) is 22.8 Å². The smallest absolute Gasteiger partial charge is 0.325 e. The third kappa shape index (κ3) is 2.67. The van der Waals surface area contributed by atoms with Crippen molar-refractivity contribution in [3.05, 3.63) is 59.2 Å². The Balaban J connectivity index is 1.92. The molecule has 1 aliphatic heterocycles. The molecule has 1 unspecified atom stereocenters. The summed E-state index contributed by atoms with van der Waals surface area (Å²) in [4.78, 5) is 15.7. The number of alkyl halides is 3. The molecular weight excluding hydrogens is 312 g/mol. The Morgan fingerprint density at radius 3 is 2.57 bits per heavy atom. The molecule has 3 rings (SSSR count). The van der Waals surface area contributed by atoms with Gasteiger partial charge in [-0.15, -0.1) is 0 Å². The summed E-state index contributed by atoms with van der Waals surface area (Å²) in [6.45, 7) is 1.67. The Morgan fingerprint density at radius 2 is 1.96 bits per heavy atom. The van der Waals surface area contributed by atoms with Crippen LogP contribution in [0.2, 0.25) is 0 Å². The number of fused-ring (bicyclic) bond motifs is 1. The second-order valence-electron chi connectivity index (χ2n) is 5.70. The van der Waals surface area contributed by atoms with Crippen molar-refractivity contribution >= 4 is 11.6 Å². The van der Waals surface area contributed by atoms with Crippen molar-refractivity contribution in [3.63, 3.8) is 0 Å². The minimum absolute atomic E-state index is 0.169. The van der Waals surface area contributed by atoms with E-state index in [2.05, 4.69) is 10.3 Å². The normalized spacial score (nSPS) is 20.3. The van der Waals surface area contributed by atoms with E-state index in [1.165, 1.54) is 24.3 Å². The number of pyridine rings is 1. The number of halogens is 4. The Kier molecular flexibility index (Phi) is 3.39. The molecule has 0 spiro atoms. The Hall–Kier alpha value is -2.44. The van der Waals surface area contributed by atoms with Gasteiger partial charge in [0.05, 0.1) is 5.41 Å². The van der Waals surface area contributed by atoms with Gasteiger partial charge < -0.3 is 5.32 Å². The second-order valence-corrected chi connectivity index (χ2v) is 5.70. The van der Waals surface area contributed by atoms with Crippen LogP contribution in [0.1, 0.15) is 23.7 Å². The Morgan fingerprint density at radius 1 is 1.22 bits per heavy atom. The van der Waals surface area contributed by atoms with Gasteiger partial charge in [0, 0.05) is 11.9 Å². The van der Waals surface area contributed by atoms with Gasteiger partial charge in [0.2, 0.25) is 5.91 Å². The fraction of sp³-hybridized carbons (Fsp3) is 0.250. The highest BCUT2D eigenvalue weighted by Gasteiger charge is 2.43. The van der Waals surface area contributed by atoms with E-state index in [0.29, 0.717) is 16.8 Å². The molecule has 1 amide bonds. The monoisotopic (exact) mass is 324 g/mol. The maximum absolute atomic E-state index is 13.3. The standard InChI is InChI=1S/C16H12F4N2O/c1-15(7-9-2-5-13(21-8-9)16(18,19)20)11-4-3-10(17)6-12(11)22-14(15)23/h2-6,8H,7H2,1H3,(H,22,23). The summed E-state index contributed by atoms with van der Waals surface area (Å²) in [6.07, 6.45) is -3.22. The molecule has 0 saturated carbocycles. The van der Waals surface area contributed by atoms with Crippen molar-refractivity contribution < 1.29 is 22.4 Å². The minimum atomic E-state index is -4.50. The molecule has 1 aromatic heterocycles. The summed E-state index contributed by atoms with van der Waals surface area (Å²) in [7, 11) is 0. The molecule has 120 valence electrons. The molecule has 0 aliphatic carbocycles. The molecule has 1 aliphatic rings. The number of hydrogen-bond acceptors (Lipinski definition) is 2. The molecule has 1 N–H and O–H groups in total. The first-order chi connectivity index (χ1) is 10.7. The lowest BCUT2D eigenvalue weighted by Gasteiger charge is -2.22. The molecule has 7 heteroatoms. The van der Waals surface area contributed by atoms with Gasteiger partial charge in [-0.25, -0.2) is 4.39 Å². The molecule has 23 heavy (non-hydrogen) atoms. The first-order valence-electron chi connectivity index (χ1n) is 6.84. The van der Waals surface area contributed by atoms with Crippen molar-refractivity contribution in [2.75, 3.05) is 5.32 Å². The van der Waals surface area contributed by atoms with Gasteiger partial charge in [-0.2, -0.15) is 13.2 Å². The number of amides is 1. The predicted octanol–water partition coefficient (Wildman–Crippen LogP) is 3.69. The van der Waals surface area contributed by atoms with Gasteiger partial charge in [0.25, 0.3) is 0 Å². The molecule has 0 radical (unpaired) electrons. The van der Waals surface area contributed by atoms with Gasteiger partial charge in [-0.1, -0.05) is 12.1 Å². The van der Waals surface area contributed by atoms with E-state index in [0.717, 1.165) is 12.3 Å². The number of carbonyl (C=O) groups is 1. The highest BCUT2D eigenvalue weighted by molar-refractivity contribution is 6.06. The summed E-state index contributed by atoms with van der Waals surface area (Å²) in [5.41, 5.74) is -0.469. The van der Waals surface area contributed by atoms with Gasteiger partial charge in [-0.3, -0.25) is 9.78 Å². The van der Waals surface area contributed by atoms with Crippen LogP contribution < -0.4 is 5.32 Å². The third-order valence-electron chi connectivity index (χ3n) is 4.00. The van der Waals surface area contributed by atoms with E-state index < -0.39 is 23.1 Å². The first kappa shape index (κ1) is 15.5. The quantitative estimate of drug-likeness (QED) is 0.856. The Labute approximate surface area is 129 Å². The molecule has 1 atom stereocenters. The minimum Gasteiger partial charge on any atom is -0.325 e. The second kappa shape index (κ2) is 5.04. The van der Waals surface area contributed by atoms with Crippen molar-refractivity contribution in [2.24, 2.45) is 0 Å². The largest absolute Gasteiger partial charge is 0.433 e. The van der Waals surface area contributed by atoms with Crippen LogP contribution in [-0.4, -0.2) is 10.9 Å². The van der Waals surface area contributed by atoms with E-state index in [1.54, 1.807) is 6.92 Å². The van der Waals surface area contributed by atoms with E-state index in [9.17, 15) is 22.4 Å². The van der Waals surface area contributed by atoms with Crippen LogP contribution in [0, 0.1) is 5.82 Å². The maximum Gasteiger partial charge on any atom is 0.433 e. The summed E-state index contributed by atoms with van der Waals surface area (Å²) < 4.78 is 50.9. The van der Waals surface area contributed by atoms with E-state index >= 15 is 0 Å².